The molecule has 27 heavy (non-hydrogen) atoms. The quantitative estimate of drug-likeness (QED) is 0.751. The van der Waals surface area contributed by atoms with Gasteiger partial charge in [0, 0.05) is 10.9 Å². The molecule has 2 aromatic rings. The number of ether oxygens (including phenoxy) is 1. The fourth-order valence-corrected chi connectivity index (χ4v) is 3.56. The summed E-state index contributed by atoms with van der Waals surface area (Å²) in [6, 6.07) is 7.93. The van der Waals surface area contributed by atoms with Crippen LogP contribution < -0.4 is 10.1 Å². The lowest BCUT2D eigenvalue weighted by molar-refractivity contribution is -0.123. The van der Waals surface area contributed by atoms with Crippen LogP contribution in [0.25, 0.3) is 0 Å². The van der Waals surface area contributed by atoms with E-state index in [0.717, 1.165) is 30.0 Å². The lowest BCUT2D eigenvalue weighted by Gasteiger charge is -2.14. The summed E-state index contributed by atoms with van der Waals surface area (Å²) in [5.41, 5.74) is 1.63. The van der Waals surface area contributed by atoms with Crippen molar-refractivity contribution in [3.05, 3.63) is 58.6 Å². The molecule has 1 heterocycles. The van der Waals surface area contributed by atoms with Crippen LogP contribution in [-0.4, -0.2) is 17.5 Å². The molecule has 2 aliphatic rings. The minimum absolute atomic E-state index is 0.0243. The van der Waals surface area contributed by atoms with Gasteiger partial charge >= 0.3 is 0 Å². The molecule has 0 aliphatic heterocycles. The van der Waals surface area contributed by atoms with Gasteiger partial charge in [-0.15, -0.1) is 0 Å². The Morgan fingerprint density at radius 1 is 1.37 bits per heavy atom. The third kappa shape index (κ3) is 4.41. The molecule has 4 nitrogen and oxygen atoms in total. The molecule has 1 aromatic heterocycles. The lowest BCUT2D eigenvalue weighted by atomic mass is 10.1. The van der Waals surface area contributed by atoms with E-state index in [0.29, 0.717) is 10.9 Å². The van der Waals surface area contributed by atoms with Crippen LogP contribution in [0, 0.1) is 17.7 Å². The maximum Gasteiger partial charge on any atom is 0.224 e. The number of carbonyl (C=O) groups excluding carboxylic acids is 1. The van der Waals surface area contributed by atoms with E-state index >= 15 is 0 Å². The number of nitrogens with zero attached hydrogens (tertiary/aromatic N) is 1. The zero-order valence-electron chi connectivity index (χ0n) is 15.1. The van der Waals surface area contributed by atoms with Crippen molar-refractivity contribution in [1.82, 2.24) is 10.3 Å². The Morgan fingerprint density at radius 3 is 2.85 bits per heavy atom. The van der Waals surface area contributed by atoms with Crippen LogP contribution in [0.3, 0.4) is 0 Å². The summed E-state index contributed by atoms with van der Waals surface area (Å²) in [4.78, 5) is 16.9. The second kappa shape index (κ2) is 7.47. The Bertz CT molecular complexity index is 839. The number of carbonyl (C=O) groups is 1. The van der Waals surface area contributed by atoms with E-state index in [4.69, 9.17) is 16.3 Å². The minimum atomic E-state index is -0.366. The van der Waals surface area contributed by atoms with Gasteiger partial charge < -0.3 is 10.1 Å². The number of amides is 1. The van der Waals surface area contributed by atoms with E-state index in [1.54, 1.807) is 12.3 Å². The molecule has 1 amide bonds. The summed E-state index contributed by atoms with van der Waals surface area (Å²) in [6.45, 7) is 2.66. The van der Waals surface area contributed by atoms with Crippen molar-refractivity contribution in [3.63, 3.8) is 0 Å². The monoisotopic (exact) mass is 388 g/mol. The van der Waals surface area contributed by atoms with E-state index in [2.05, 4.69) is 10.3 Å². The topological polar surface area (TPSA) is 51.2 Å². The highest BCUT2D eigenvalue weighted by Crippen LogP contribution is 2.50. The van der Waals surface area contributed by atoms with Crippen molar-refractivity contribution in [3.8, 4) is 5.75 Å². The molecular weight excluding hydrogens is 367 g/mol. The molecule has 0 bridgehead atoms. The van der Waals surface area contributed by atoms with Gasteiger partial charge in [0.25, 0.3) is 0 Å². The SMILES string of the molecule is C[C@@H](NC(=O)[C@@H]1C[C@H]1c1ccc(F)cc1Cl)c1ccc(OCC2CC2)cn1. The first-order valence-electron chi connectivity index (χ1n) is 9.35. The predicted octanol–water partition coefficient (Wildman–Crippen LogP) is 4.64. The fourth-order valence-electron chi connectivity index (χ4n) is 3.26. The van der Waals surface area contributed by atoms with Gasteiger partial charge in [-0.2, -0.15) is 0 Å². The highest BCUT2D eigenvalue weighted by molar-refractivity contribution is 6.31. The average molecular weight is 389 g/mol. The summed E-state index contributed by atoms with van der Waals surface area (Å²) in [6.07, 6.45) is 4.93. The Kier molecular flexibility index (Phi) is 5.04. The smallest absolute Gasteiger partial charge is 0.224 e. The van der Waals surface area contributed by atoms with Gasteiger partial charge in [0.15, 0.2) is 0 Å². The van der Waals surface area contributed by atoms with Crippen LogP contribution in [0.4, 0.5) is 4.39 Å². The van der Waals surface area contributed by atoms with E-state index < -0.39 is 0 Å². The summed E-state index contributed by atoms with van der Waals surface area (Å²) in [5, 5.41) is 3.39. The van der Waals surface area contributed by atoms with Gasteiger partial charge in [-0.05, 0) is 67.9 Å². The predicted molar refractivity (Wildman–Crippen MR) is 101 cm³/mol. The Balaban J connectivity index is 1.31. The van der Waals surface area contributed by atoms with Crippen molar-refractivity contribution < 1.29 is 13.9 Å². The lowest BCUT2D eigenvalue weighted by Crippen LogP contribution is -2.29. The number of hydrogen-bond donors (Lipinski definition) is 1. The molecule has 0 radical (unpaired) electrons. The number of aromatic nitrogens is 1. The molecule has 3 atom stereocenters. The highest BCUT2D eigenvalue weighted by atomic mass is 35.5. The molecule has 0 unspecified atom stereocenters. The Hall–Kier alpha value is -2.14. The molecular formula is C21H22ClFN2O2. The largest absolute Gasteiger partial charge is 0.492 e. The molecule has 6 heteroatoms. The van der Waals surface area contributed by atoms with Crippen molar-refractivity contribution in [1.29, 1.82) is 0 Å². The van der Waals surface area contributed by atoms with Gasteiger partial charge in [0.05, 0.1) is 24.5 Å². The number of rotatable bonds is 7. The van der Waals surface area contributed by atoms with Crippen LogP contribution in [0.1, 0.15) is 49.4 Å². The third-order valence-electron chi connectivity index (χ3n) is 5.23. The molecule has 2 saturated carbocycles. The fraction of sp³-hybridized carbons (Fsp3) is 0.429. The zero-order valence-corrected chi connectivity index (χ0v) is 15.9. The first-order valence-corrected chi connectivity index (χ1v) is 9.73. The van der Waals surface area contributed by atoms with Gasteiger partial charge in [0.2, 0.25) is 5.91 Å². The maximum atomic E-state index is 13.2. The van der Waals surface area contributed by atoms with Gasteiger partial charge in [-0.25, -0.2) is 4.39 Å². The number of hydrogen-bond acceptors (Lipinski definition) is 3. The minimum Gasteiger partial charge on any atom is -0.492 e. The van der Waals surface area contributed by atoms with E-state index in [1.165, 1.54) is 25.0 Å². The third-order valence-corrected chi connectivity index (χ3v) is 5.56. The molecule has 0 saturated heterocycles. The van der Waals surface area contributed by atoms with Gasteiger partial charge in [0.1, 0.15) is 11.6 Å². The zero-order chi connectivity index (χ0) is 19.0. The summed E-state index contributed by atoms with van der Waals surface area (Å²) in [7, 11) is 0. The highest BCUT2D eigenvalue weighted by Gasteiger charge is 2.45. The van der Waals surface area contributed by atoms with E-state index in [1.807, 2.05) is 19.1 Å². The summed E-state index contributed by atoms with van der Waals surface area (Å²) < 4.78 is 18.9. The first kappa shape index (κ1) is 18.2. The van der Waals surface area contributed by atoms with Crippen molar-refractivity contribution in [2.24, 2.45) is 11.8 Å². The van der Waals surface area contributed by atoms with E-state index in [-0.39, 0.29) is 29.6 Å². The Labute approximate surface area is 163 Å². The van der Waals surface area contributed by atoms with Crippen LogP contribution >= 0.6 is 11.6 Å². The molecule has 0 spiro atoms. The molecule has 4 rings (SSSR count). The second-order valence-electron chi connectivity index (χ2n) is 7.52. The number of nitrogens with one attached hydrogen (secondary N) is 1. The normalized spacial score (nSPS) is 22.2. The Morgan fingerprint density at radius 2 is 2.19 bits per heavy atom. The molecule has 142 valence electrons. The maximum absolute atomic E-state index is 13.2. The number of benzene rings is 1. The van der Waals surface area contributed by atoms with Crippen molar-refractivity contribution in [2.45, 2.75) is 38.1 Å². The van der Waals surface area contributed by atoms with Crippen LogP contribution in [-0.2, 0) is 4.79 Å². The van der Waals surface area contributed by atoms with Gasteiger partial charge in [-0.1, -0.05) is 17.7 Å². The van der Waals surface area contributed by atoms with Crippen LogP contribution in [0.2, 0.25) is 5.02 Å². The summed E-state index contributed by atoms with van der Waals surface area (Å²) in [5.74, 6) is 0.993. The number of halogens is 2. The molecule has 2 fully saturated rings. The average Bonchev–Trinajstić information content (AvgIpc) is 3.54. The van der Waals surface area contributed by atoms with Crippen LogP contribution in [0.5, 0.6) is 5.75 Å². The van der Waals surface area contributed by atoms with Crippen LogP contribution in [0.15, 0.2) is 36.5 Å². The second-order valence-corrected chi connectivity index (χ2v) is 7.93. The van der Waals surface area contributed by atoms with E-state index in [9.17, 15) is 9.18 Å². The first-order chi connectivity index (χ1) is 13.0. The standard InChI is InChI=1S/C21H22ClFN2O2/c1-12(20-7-5-15(10-24-20)27-11-13-2-3-13)25-21(26)18-9-17(18)16-6-4-14(23)8-19(16)22/h4-8,10,12-13,17-18H,2-3,9,11H2,1H3,(H,25,26)/t12-,17+,18-/m1/s1. The summed E-state index contributed by atoms with van der Waals surface area (Å²) >= 11 is 6.11. The van der Waals surface area contributed by atoms with Crippen molar-refractivity contribution >= 4 is 17.5 Å². The van der Waals surface area contributed by atoms with Gasteiger partial charge in [-0.3, -0.25) is 9.78 Å². The molecule has 1 aromatic carbocycles. The molecule has 2 aliphatic carbocycles. The molecule has 1 N–H and O–H groups in total. The number of pyridine rings is 1. The van der Waals surface area contributed by atoms with Crippen molar-refractivity contribution in [2.75, 3.05) is 6.61 Å².